The SMILES string of the molecule is CC(C)N(/C(C[Si](C)(C)C)=N\P(=O)(Oc1ccccc1)Oc1ccccc1)C(C)C. The van der Waals surface area contributed by atoms with Crippen LogP contribution >= 0.6 is 7.75 Å². The number of para-hydroxylation sites is 2. The van der Waals surface area contributed by atoms with Gasteiger partial charge in [-0.15, -0.1) is 4.76 Å². The first-order valence-corrected chi connectivity index (χ1v) is 15.7. The summed E-state index contributed by atoms with van der Waals surface area (Å²) in [6.07, 6.45) is 0. The van der Waals surface area contributed by atoms with Crippen molar-refractivity contribution in [1.29, 1.82) is 0 Å². The van der Waals surface area contributed by atoms with Gasteiger partial charge < -0.3 is 13.9 Å². The second-order valence-corrected chi connectivity index (χ2v) is 16.1. The molecule has 0 aliphatic heterocycles. The standard InChI is InChI=1S/C23H35N2O3PSi/c1-19(2)25(20(3)4)23(18-30(5,6)7)24-29(26,27-21-14-10-8-11-15-21)28-22-16-12-9-13-17-22/h8-17,19-20H,18H2,1-7H3/b24-23-. The Morgan fingerprint density at radius 3 is 1.60 bits per heavy atom. The number of nitrogens with zero attached hydrogens (tertiary/aromatic N) is 2. The number of hydrogen-bond acceptors (Lipinski definition) is 3. The zero-order valence-electron chi connectivity index (χ0n) is 19.2. The summed E-state index contributed by atoms with van der Waals surface area (Å²) in [6, 6.07) is 19.4. The number of benzene rings is 2. The summed E-state index contributed by atoms with van der Waals surface area (Å²) in [4.78, 5) is 2.22. The van der Waals surface area contributed by atoms with Gasteiger partial charge in [0.05, 0.1) is 8.07 Å². The fraction of sp³-hybridized carbons (Fsp3) is 0.435. The smallest absolute Gasteiger partial charge is 0.399 e. The first-order chi connectivity index (χ1) is 14.0. The molecular formula is C23H35N2O3PSi. The predicted molar refractivity (Wildman–Crippen MR) is 129 cm³/mol. The predicted octanol–water partition coefficient (Wildman–Crippen LogP) is 7.11. The van der Waals surface area contributed by atoms with Crippen LogP contribution in [0.15, 0.2) is 65.4 Å². The van der Waals surface area contributed by atoms with Gasteiger partial charge in [0.25, 0.3) is 0 Å². The zero-order chi connectivity index (χ0) is 22.4. The highest BCUT2D eigenvalue weighted by molar-refractivity contribution is 7.53. The Balaban J connectivity index is 2.55. The Labute approximate surface area is 182 Å². The highest BCUT2D eigenvalue weighted by atomic mass is 31.2. The third-order valence-electron chi connectivity index (χ3n) is 4.27. The summed E-state index contributed by atoms with van der Waals surface area (Å²) in [5.41, 5.74) is 0. The molecule has 0 atom stereocenters. The summed E-state index contributed by atoms with van der Waals surface area (Å²) >= 11 is 0. The molecule has 0 bridgehead atoms. The van der Waals surface area contributed by atoms with Gasteiger partial charge in [-0.3, -0.25) is 0 Å². The second-order valence-electron chi connectivity index (χ2n) is 9.13. The molecule has 0 aliphatic rings. The first-order valence-electron chi connectivity index (χ1n) is 10.5. The molecule has 0 spiro atoms. The molecule has 0 aliphatic carbocycles. The summed E-state index contributed by atoms with van der Waals surface area (Å²) in [6.45, 7) is 15.3. The van der Waals surface area contributed by atoms with Gasteiger partial charge in [0.2, 0.25) is 0 Å². The van der Waals surface area contributed by atoms with Gasteiger partial charge in [0, 0.05) is 18.1 Å². The summed E-state index contributed by atoms with van der Waals surface area (Å²) in [5.74, 6) is 1.72. The minimum absolute atomic E-state index is 0.210. The maximum absolute atomic E-state index is 14.0. The molecule has 0 unspecified atom stereocenters. The summed E-state index contributed by atoms with van der Waals surface area (Å²) < 4.78 is 30.5. The monoisotopic (exact) mass is 446 g/mol. The van der Waals surface area contributed by atoms with E-state index in [0.29, 0.717) is 11.5 Å². The highest BCUT2D eigenvalue weighted by Crippen LogP contribution is 2.50. The Morgan fingerprint density at radius 2 is 1.27 bits per heavy atom. The van der Waals surface area contributed by atoms with Gasteiger partial charge in [0.1, 0.15) is 17.3 Å². The molecule has 0 aromatic heterocycles. The van der Waals surface area contributed by atoms with Gasteiger partial charge in [-0.1, -0.05) is 56.0 Å². The van der Waals surface area contributed by atoms with E-state index in [0.717, 1.165) is 11.9 Å². The molecule has 0 radical (unpaired) electrons. The summed E-state index contributed by atoms with van der Waals surface area (Å²) in [7, 11) is -5.43. The minimum Gasteiger partial charge on any atom is -0.399 e. The van der Waals surface area contributed by atoms with E-state index in [4.69, 9.17) is 13.8 Å². The number of hydrogen-bond donors (Lipinski definition) is 0. The van der Waals surface area contributed by atoms with Crippen LogP contribution in [-0.4, -0.2) is 30.9 Å². The fourth-order valence-electron chi connectivity index (χ4n) is 3.27. The number of rotatable bonds is 9. The maximum Gasteiger partial charge on any atom is 0.564 e. The third-order valence-corrected chi connectivity index (χ3v) is 7.00. The molecule has 2 aromatic rings. The quantitative estimate of drug-likeness (QED) is 0.178. The minimum atomic E-state index is -3.87. The molecule has 0 N–H and O–H groups in total. The Morgan fingerprint density at radius 1 is 0.867 bits per heavy atom. The molecule has 0 heterocycles. The molecule has 2 aromatic carbocycles. The van der Waals surface area contributed by atoms with Crippen molar-refractivity contribution in [2.75, 3.05) is 0 Å². The Bertz CT molecular complexity index is 812. The van der Waals surface area contributed by atoms with Crippen LogP contribution in [0.5, 0.6) is 11.5 Å². The van der Waals surface area contributed by atoms with Crippen LogP contribution in [0.2, 0.25) is 25.7 Å². The third kappa shape index (κ3) is 7.65. The molecule has 5 nitrogen and oxygen atoms in total. The molecular weight excluding hydrogens is 411 g/mol. The van der Waals surface area contributed by atoms with E-state index in [9.17, 15) is 4.57 Å². The Kier molecular flexibility index (Phi) is 8.33. The first kappa shape index (κ1) is 24.2. The maximum atomic E-state index is 14.0. The van der Waals surface area contributed by atoms with Gasteiger partial charge in [-0.25, -0.2) is 4.57 Å². The summed E-state index contributed by atoms with van der Waals surface area (Å²) in [5, 5.41) is 0. The lowest BCUT2D eigenvalue weighted by molar-refractivity contribution is 0.289. The second kappa shape index (κ2) is 10.3. The van der Waals surface area contributed by atoms with Crippen molar-refractivity contribution >= 4 is 21.7 Å². The van der Waals surface area contributed by atoms with Gasteiger partial charge in [-0.2, -0.15) is 0 Å². The van der Waals surface area contributed by atoms with Gasteiger partial charge in [-0.05, 0) is 52.0 Å². The average Bonchev–Trinajstić information content (AvgIpc) is 2.61. The van der Waals surface area contributed by atoms with E-state index >= 15 is 0 Å². The van der Waals surface area contributed by atoms with Crippen LogP contribution in [0, 0.1) is 0 Å². The van der Waals surface area contributed by atoms with E-state index in [2.05, 4.69) is 52.2 Å². The molecule has 0 fully saturated rings. The lowest BCUT2D eigenvalue weighted by Crippen LogP contribution is -2.45. The van der Waals surface area contributed by atoms with Crippen LogP contribution in [-0.2, 0) is 4.57 Å². The van der Waals surface area contributed by atoms with E-state index in [-0.39, 0.29) is 12.1 Å². The molecule has 2 rings (SSSR count). The van der Waals surface area contributed by atoms with Crippen molar-refractivity contribution in [3.05, 3.63) is 60.7 Å². The molecule has 0 amide bonds. The van der Waals surface area contributed by atoms with Crippen LogP contribution in [0.3, 0.4) is 0 Å². The van der Waals surface area contributed by atoms with Crippen molar-refractivity contribution in [2.45, 2.75) is 65.5 Å². The molecule has 0 saturated heterocycles. The van der Waals surface area contributed by atoms with Gasteiger partial charge >= 0.3 is 7.75 Å². The largest absolute Gasteiger partial charge is 0.564 e. The van der Waals surface area contributed by atoms with Crippen molar-refractivity contribution in [3.8, 4) is 11.5 Å². The van der Waals surface area contributed by atoms with E-state index < -0.39 is 15.8 Å². The zero-order valence-corrected chi connectivity index (χ0v) is 21.1. The molecule has 164 valence electrons. The highest BCUT2D eigenvalue weighted by Gasteiger charge is 2.33. The fourth-order valence-corrected chi connectivity index (χ4v) is 5.97. The van der Waals surface area contributed by atoms with Crippen molar-refractivity contribution in [2.24, 2.45) is 4.76 Å². The van der Waals surface area contributed by atoms with Crippen molar-refractivity contribution in [1.82, 2.24) is 4.90 Å². The van der Waals surface area contributed by atoms with E-state index in [1.54, 1.807) is 24.3 Å². The molecule has 7 heteroatoms. The van der Waals surface area contributed by atoms with Crippen LogP contribution in [0.25, 0.3) is 0 Å². The molecule has 0 saturated carbocycles. The van der Waals surface area contributed by atoms with Crippen molar-refractivity contribution < 1.29 is 13.6 Å². The van der Waals surface area contributed by atoms with E-state index in [1.165, 1.54) is 0 Å². The normalized spacial score (nSPS) is 12.9. The van der Waals surface area contributed by atoms with Crippen molar-refractivity contribution in [3.63, 3.8) is 0 Å². The number of amidine groups is 1. The van der Waals surface area contributed by atoms with E-state index in [1.807, 2.05) is 36.4 Å². The average molecular weight is 447 g/mol. The lowest BCUT2D eigenvalue weighted by Gasteiger charge is -2.36. The van der Waals surface area contributed by atoms with Crippen LogP contribution < -0.4 is 9.05 Å². The van der Waals surface area contributed by atoms with Gasteiger partial charge in [0.15, 0.2) is 0 Å². The van der Waals surface area contributed by atoms with Crippen LogP contribution in [0.4, 0.5) is 0 Å². The molecule has 30 heavy (non-hydrogen) atoms. The lowest BCUT2D eigenvalue weighted by atomic mass is 10.2. The van der Waals surface area contributed by atoms with Crippen LogP contribution in [0.1, 0.15) is 27.7 Å². The Hall–Kier alpha value is -2.04. The topological polar surface area (TPSA) is 51.1 Å².